The Morgan fingerprint density at radius 1 is 1.04 bits per heavy atom. The summed E-state index contributed by atoms with van der Waals surface area (Å²) in [4.78, 5) is 23.1. The molecule has 1 N–H and O–H groups in total. The Bertz CT molecular complexity index is 430. The lowest BCUT2D eigenvalue weighted by atomic mass is 9.81. The van der Waals surface area contributed by atoms with Crippen molar-refractivity contribution in [1.29, 1.82) is 0 Å². The van der Waals surface area contributed by atoms with Crippen LogP contribution in [0, 0.1) is 11.3 Å². The Kier molecular flexibility index (Phi) is 15.6. The summed E-state index contributed by atoms with van der Waals surface area (Å²) >= 11 is 0. The van der Waals surface area contributed by atoms with E-state index in [0.29, 0.717) is 38.5 Å². The van der Waals surface area contributed by atoms with E-state index in [0.717, 1.165) is 12.8 Å². The van der Waals surface area contributed by atoms with Crippen LogP contribution in [0.1, 0.15) is 94.9 Å². The molecule has 0 aliphatic rings. The lowest BCUT2D eigenvalue weighted by Gasteiger charge is -2.27. The molecule has 28 heavy (non-hydrogen) atoms. The molecule has 0 saturated carbocycles. The predicted molar refractivity (Wildman–Crippen MR) is 118 cm³/mol. The lowest BCUT2D eigenvalue weighted by Crippen LogP contribution is -2.35. The van der Waals surface area contributed by atoms with Gasteiger partial charge in [-0.1, -0.05) is 41.5 Å². The number of carbonyl (C=O) groups excluding carboxylic acids is 2. The van der Waals surface area contributed by atoms with Gasteiger partial charge in [-0.15, -0.1) is 0 Å². The van der Waals surface area contributed by atoms with Gasteiger partial charge in [0, 0.05) is 19.4 Å². The van der Waals surface area contributed by atoms with Gasteiger partial charge in [0.15, 0.2) is 0 Å². The minimum atomic E-state index is -0.423. The van der Waals surface area contributed by atoms with E-state index in [-0.39, 0.29) is 23.2 Å². The number of hydrogen-bond acceptors (Lipinski definition) is 4. The van der Waals surface area contributed by atoms with Gasteiger partial charge in [0.1, 0.15) is 5.78 Å². The second kappa shape index (κ2) is 15.0. The first kappa shape index (κ1) is 29.3. The van der Waals surface area contributed by atoms with Gasteiger partial charge in [-0.05, 0) is 51.9 Å². The molecule has 0 aromatic heterocycles. The number of nitrogens with one attached hydrogen (secondary N) is 1. The summed E-state index contributed by atoms with van der Waals surface area (Å²) in [6, 6.07) is 0. The van der Waals surface area contributed by atoms with Gasteiger partial charge in [0.2, 0.25) is 5.91 Å². The number of ether oxygens (including phenoxy) is 2. The second-order valence-corrected chi connectivity index (χ2v) is 9.26. The maximum absolute atomic E-state index is 12.1. The molecule has 0 rings (SSSR count). The SMILES string of the molecule is CC.CC(=O)CCOC(C)(C)COC(C)CCNC(=O)CC(C)(C)CC(C)C. The molecule has 1 amide bonds. The van der Waals surface area contributed by atoms with Crippen LogP contribution in [-0.4, -0.2) is 43.2 Å². The Labute approximate surface area is 174 Å². The van der Waals surface area contributed by atoms with Crippen molar-refractivity contribution in [2.24, 2.45) is 11.3 Å². The number of hydrogen-bond donors (Lipinski definition) is 1. The van der Waals surface area contributed by atoms with Gasteiger partial charge in [0.05, 0.1) is 24.9 Å². The Morgan fingerprint density at radius 3 is 2.11 bits per heavy atom. The zero-order chi connectivity index (χ0) is 22.4. The average molecular weight is 402 g/mol. The molecular formula is C23H47NO4. The third-order valence-electron chi connectivity index (χ3n) is 4.14. The molecule has 0 spiro atoms. The zero-order valence-electron chi connectivity index (χ0n) is 20.2. The minimum Gasteiger partial charge on any atom is -0.375 e. The van der Waals surface area contributed by atoms with Crippen molar-refractivity contribution in [2.75, 3.05) is 19.8 Å². The molecule has 5 heteroatoms. The molecule has 1 unspecified atom stereocenters. The molecule has 0 heterocycles. The van der Waals surface area contributed by atoms with E-state index in [2.05, 4.69) is 33.0 Å². The highest BCUT2D eigenvalue weighted by molar-refractivity contribution is 5.76. The van der Waals surface area contributed by atoms with Gasteiger partial charge in [-0.2, -0.15) is 0 Å². The number of amides is 1. The third-order valence-corrected chi connectivity index (χ3v) is 4.14. The van der Waals surface area contributed by atoms with Crippen LogP contribution in [-0.2, 0) is 19.1 Å². The van der Waals surface area contributed by atoms with E-state index >= 15 is 0 Å². The number of Topliss-reactive ketones (excluding diaryl/α,β-unsaturated/α-hetero) is 1. The Hall–Kier alpha value is -0.940. The monoisotopic (exact) mass is 401 g/mol. The van der Waals surface area contributed by atoms with Crippen LogP contribution in [0.5, 0.6) is 0 Å². The molecule has 0 aromatic rings. The van der Waals surface area contributed by atoms with Crippen molar-refractivity contribution < 1.29 is 19.1 Å². The summed E-state index contributed by atoms with van der Waals surface area (Å²) < 4.78 is 11.5. The summed E-state index contributed by atoms with van der Waals surface area (Å²) in [5, 5.41) is 3.00. The van der Waals surface area contributed by atoms with Crippen molar-refractivity contribution in [3.8, 4) is 0 Å². The highest BCUT2D eigenvalue weighted by Gasteiger charge is 2.23. The largest absolute Gasteiger partial charge is 0.375 e. The van der Waals surface area contributed by atoms with Crippen LogP contribution in [0.2, 0.25) is 0 Å². The fourth-order valence-corrected chi connectivity index (χ4v) is 3.03. The average Bonchev–Trinajstić information content (AvgIpc) is 2.52. The standard InChI is InChI=1S/C21H41NO4.C2H6/c1-16(2)13-20(5,6)14-19(24)22-11-9-18(4)25-15-21(7,8)26-12-10-17(3)23;1-2/h16,18H,9-15H2,1-8H3,(H,22,24);1-2H3. The van der Waals surface area contributed by atoms with E-state index in [4.69, 9.17) is 9.47 Å². The molecule has 5 nitrogen and oxygen atoms in total. The molecule has 1 atom stereocenters. The second-order valence-electron chi connectivity index (χ2n) is 9.26. The van der Waals surface area contributed by atoms with Crippen molar-refractivity contribution in [2.45, 2.75) is 107 Å². The zero-order valence-corrected chi connectivity index (χ0v) is 20.2. The van der Waals surface area contributed by atoms with E-state index in [1.54, 1.807) is 6.92 Å². The summed E-state index contributed by atoms with van der Waals surface area (Å²) in [7, 11) is 0. The van der Waals surface area contributed by atoms with Gasteiger partial charge in [-0.3, -0.25) is 9.59 Å². The fourth-order valence-electron chi connectivity index (χ4n) is 3.03. The van der Waals surface area contributed by atoms with Gasteiger partial charge < -0.3 is 14.8 Å². The van der Waals surface area contributed by atoms with Crippen LogP contribution in [0.4, 0.5) is 0 Å². The number of carbonyl (C=O) groups is 2. The van der Waals surface area contributed by atoms with Crippen LogP contribution >= 0.6 is 0 Å². The molecule has 0 aliphatic carbocycles. The summed E-state index contributed by atoms with van der Waals surface area (Å²) in [5.41, 5.74) is -0.393. The summed E-state index contributed by atoms with van der Waals surface area (Å²) in [6.07, 6.45) is 2.82. The van der Waals surface area contributed by atoms with Gasteiger partial charge in [0.25, 0.3) is 0 Å². The van der Waals surface area contributed by atoms with Crippen molar-refractivity contribution >= 4 is 11.7 Å². The normalized spacial score (nSPS) is 13.0. The topological polar surface area (TPSA) is 64.6 Å². The van der Waals surface area contributed by atoms with Crippen LogP contribution in [0.15, 0.2) is 0 Å². The quantitative estimate of drug-likeness (QED) is 0.436. The van der Waals surface area contributed by atoms with Crippen molar-refractivity contribution in [3.05, 3.63) is 0 Å². The molecule has 0 fully saturated rings. The molecule has 0 bridgehead atoms. The highest BCUT2D eigenvalue weighted by atomic mass is 16.5. The summed E-state index contributed by atoms with van der Waals surface area (Å²) in [6.45, 7) is 21.6. The van der Waals surface area contributed by atoms with Gasteiger partial charge >= 0.3 is 0 Å². The van der Waals surface area contributed by atoms with Gasteiger partial charge in [-0.25, -0.2) is 0 Å². The Morgan fingerprint density at radius 2 is 1.61 bits per heavy atom. The van der Waals surface area contributed by atoms with Crippen molar-refractivity contribution in [1.82, 2.24) is 5.32 Å². The lowest BCUT2D eigenvalue weighted by molar-refractivity contribution is -0.125. The molecule has 0 aromatic carbocycles. The van der Waals surface area contributed by atoms with Crippen LogP contribution in [0.25, 0.3) is 0 Å². The maximum Gasteiger partial charge on any atom is 0.220 e. The van der Waals surface area contributed by atoms with E-state index in [1.165, 1.54) is 0 Å². The molecule has 168 valence electrons. The molecular weight excluding hydrogens is 354 g/mol. The van der Waals surface area contributed by atoms with E-state index < -0.39 is 5.60 Å². The third kappa shape index (κ3) is 18.4. The molecule has 0 aliphatic heterocycles. The van der Waals surface area contributed by atoms with E-state index in [9.17, 15) is 9.59 Å². The first-order chi connectivity index (χ1) is 12.8. The first-order valence-electron chi connectivity index (χ1n) is 10.8. The smallest absolute Gasteiger partial charge is 0.220 e. The first-order valence-corrected chi connectivity index (χ1v) is 10.8. The number of ketones is 1. The summed E-state index contributed by atoms with van der Waals surface area (Å²) in [5.74, 6) is 0.824. The minimum absolute atomic E-state index is 0.0294. The predicted octanol–water partition coefficient (Wildman–Crippen LogP) is 5.16. The van der Waals surface area contributed by atoms with Crippen LogP contribution < -0.4 is 5.32 Å². The van der Waals surface area contributed by atoms with E-state index in [1.807, 2.05) is 34.6 Å². The van der Waals surface area contributed by atoms with Crippen LogP contribution in [0.3, 0.4) is 0 Å². The Balaban J connectivity index is 0. The molecule has 0 saturated heterocycles. The fraction of sp³-hybridized carbons (Fsp3) is 0.913. The number of rotatable bonds is 14. The molecule has 0 radical (unpaired) electrons. The maximum atomic E-state index is 12.1. The van der Waals surface area contributed by atoms with Crippen molar-refractivity contribution in [3.63, 3.8) is 0 Å². The highest BCUT2D eigenvalue weighted by Crippen LogP contribution is 2.28.